The number of nitrogens with zero attached hydrogens (tertiary/aromatic N) is 1. The Morgan fingerprint density at radius 3 is 2.93 bits per heavy atom. The van der Waals surface area contributed by atoms with Gasteiger partial charge in [-0.05, 0) is 25.4 Å². The highest BCUT2D eigenvalue weighted by atomic mass is 32.2. The van der Waals surface area contributed by atoms with Gasteiger partial charge in [0.1, 0.15) is 0 Å². The van der Waals surface area contributed by atoms with Crippen molar-refractivity contribution in [3.63, 3.8) is 0 Å². The molecule has 5 heteroatoms. The Kier molecular flexibility index (Phi) is 4.25. The number of thioether (sulfide) groups is 1. The van der Waals surface area contributed by atoms with Gasteiger partial charge in [0.25, 0.3) is 0 Å². The molecule has 1 rings (SSSR count). The highest BCUT2D eigenvalue weighted by Gasteiger charge is 2.26. The van der Waals surface area contributed by atoms with E-state index < -0.39 is 0 Å². The largest absolute Gasteiger partial charge is 0.345 e. The minimum Gasteiger partial charge on any atom is -0.345 e. The molecule has 0 radical (unpaired) electrons. The summed E-state index contributed by atoms with van der Waals surface area (Å²) >= 11 is 1.76. The van der Waals surface area contributed by atoms with E-state index in [4.69, 9.17) is 0 Å². The highest BCUT2D eigenvalue weighted by molar-refractivity contribution is 7.98. The summed E-state index contributed by atoms with van der Waals surface area (Å²) in [7, 11) is 0. The van der Waals surface area contributed by atoms with Gasteiger partial charge >= 0.3 is 0 Å². The van der Waals surface area contributed by atoms with Crippen molar-refractivity contribution in [2.45, 2.75) is 19.4 Å². The Labute approximate surface area is 88.4 Å². The van der Waals surface area contributed by atoms with Gasteiger partial charge in [-0.15, -0.1) is 0 Å². The molecule has 0 aromatic carbocycles. The Bertz CT molecular complexity index is 233. The molecule has 1 saturated heterocycles. The molecule has 1 N–H and O–H groups in total. The van der Waals surface area contributed by atoms with Crippen molar-refractivity contribution in [2.75, 3.05) is 25.1 Å². The maximum absolute atomic E-state index is 11.4. The maximum atomic E-state index is 11.4. The topological polar surface area (TPSA) is 49.4 Å². The molecule has 0 aromatic heterocycles. The van der Waals surface area contributed by atoms with Crippen molar-refractivity contribution in [1.29, 1.82) is 0 Å². The zero-order chi connectivity index (χ0) is 10.6. The molecule has 0 aromatic rings. The monoisotopic (exact) mass is 216 g/mol. The average molecular weight is 216 g/mol. The van der Waals surface area contributed by atoms with E-state index in [0.717, 1.165) is 12.2 Å². The van der Waals surface area contributed by atoms with Crippen molar-refractivity contribution in [3.05, 3.63) is 0 Å². The van der Waals surface area contributed by atoms with Gasteiger partial charge in [0.15, 0.2) is 0 Å². The predicted octanol–water partition coefficient (Wildman–Crippen LogP) is 0.0864. The van der Waals surface area contributed by atoms with Crippen LogP contribution in [0.25, 0.3) is 0 Å². The van der Waals surface area contributed by atoms with Crippen molar-refractivity contribution in [3.8, 4) is 0 Å². The minimum atomic E-state index is -0.0550. The van der Waals surface area contributed by atoms with Crippen LogP contribution in [-0.4, -0.2) is 47.9 Å². The molecule has 0 spiro atoms. The third kappa shape index (κ3) is 2.90. The van der Waals surface area contributed by atoms with Gasteiger partial charge in [-0.2, -0.15) is 11.8 Å². The van der Waals surface area contributed by atoms with Crippen LogP contribution in [0.1, 0.15) is 13.3 Å². The van der Waals surface area contributed by atoms with Crippen molar-refractivity contribution in [1.82, 2.24) is 10.2 Å². The van der Waals surface area contributed by atoms with Crippen LogP contribution in [0.2, 0.25) is 0 Å². The molecule has 0 aliphatic carbocycles. The predicted molar refractivity (Wildman–Crippen MR) is 57.2 cm³/mol. The van der Waals surface area contributed by atoms with Crippen LogP contribution in [0.4, 0.5) is 0 Å². The fourth-order valence-corrected chi connectivity index (χ4v) is 2.00. The number of nitrogens with one attached hydrogen (secondary N) is 1. The summed E-state index contributed by atoms with van der Waals surface area (Å²) in [4.78, 5) is 24.2. The fraction of sp³-hybridized carbons (Fsp3) is 0.778. The molecule has 0 saturated carbocycles. The molecule has 1 fully saturated rings. The molecule has 1 aliphatic rings. The normalized spacial score (nSPS) is 19.4. The molecule has 1 atom stereocenters. The molecule has 14 heavy (non-hydrogen) atoms. The average Bonchev–Trinajstić information content (AvgIpc) is 2.18. The first kappa shape index (κ1) is 11.4. The first-order chi connectivity index (χ1) is 6.65. The van der Waals surface area contributed by atoms with E-state index >= 15 is 0 Å². The lowest BCUT2D eigenvalue weighted by Crippen LogP contribution is -2.54. The van der Waals surface area contributed by atoms with Gasteiger partial charge in [-0.3, -0.25) is 9.59 Å². The second-order valence-corrected chi connectivity index (χ2v) is 4.41. The molecular weight excluding hydrogens is 200 g/mol. The van der Waals surface area contributed by atoms with Crippen LogP contribution in [0.15, 0.2) is 0 Å². The summed E-state index contributed by atoms with van der Waals surface area (Å²) in [5.41, 5.74) is 0. The van der Waals surface area contributed by atoms with E-state index in [2.05, 4.69) is 5.32 Å². The number of hydrogen-bond donors (Lipinski definition) is 1. The van der Waals surface area contributed by atoms with Crippen LogP contribution < -0.4 is 5.32 Å². The number of carbonyl (C=O) groups excluding carboxylic acids is 2. The van der Waals surface area contributed by atoms with Gasteiger partial charge < -0.3 is 10.2 Å². The molecule has 1 unspecified atom stereocenters. The Hall–Kier alpha value is -0.710. The first-order valence-corrected chi connectivity index (χ1v) is 6.09. The van der Waals surface area contributed by atoms with Gasteiger partial charge in [-0.25, -0.2) is 0 Å². The van der Waals surface area contributed by atoms with Crippen LogP contribution in [-0.2, 0) is 9.59 Å². The Morgan fingerprint density at radius 1 is 1.57 bits per heavy atom. The van der Waals surface area contributed by atoms with Gasteiger partial charge in [-0.1, -0.05) is 0 Å². The Morgan fingerprint density at radius 2 is 2.29 bits per heavy atom. The van der Waals surface area contributed by atoms with E-state index in [-0.39, 0.29) is 30.9 Å². The summed E-state index contributed by atoms with van der Waals surface area (Å²) in [6.45, 7) is 2.36. The lowest BCUT2D eigenvalue weighted by atomic mass is 10.2. The number of hydrogen-bond acceptors (Lipinski definition) is 3. The van der Waals surface area contributed by atoms with Gasteiger partial charge in [0, 0.05) is 6.04 Å². The van der Waals surface area contributed by atoms with Gasteiger partial charge in [0.05, 0.1) is 13.1 Å². The second kappa shape index (κ2) is 5.24. The number of rotatable bonds is 4. The fourth-order valence-electron chi connectivity index (χ4n) is 1.42. The molecular formula is C9H16N2O2S. The molecule has 80 valence electrons. The lowest BCUT2D eigenvalue weighted by molar-refractivity contribution is -0.142. The first-order valence-electron chi connectivity index (χ1n) is 4.70. The molecule has 2 amide bonds. The standard InChI is InChI=1S/C9H16N2O2S/c1-7(3-4-14-2)11-6-8(12)10-5-9(11)13/h7H,3-6H2,1-2H3,(H,10,12). The van der Waals surface area contributed by atoms with E-state index in [1.165, 1.54) is 0 Å². The second-order valence-electron chi connectivity index (χ2n) is 3.43. The van der Waals surface area contributed by atoms with E-state index in [0.29, 0.717) is 0 Å². The van der Waals surface area contributed by atoms with E-state index in [1.807, 2.05) is 13.2 Å². The Balaban J connectivity index is 2.47. The third-order valence-electron chi connectivity index (χ3n) is 2.34. The summed E-state index contributed by atoms with van der Waals surface area (Å²) in [6.07, 6.45) is 2.98. The third-order valence-corrected chi connectivity index (χ3v) is 2.99. The number of piperazine rings is 1. The molecule has 1 aliphatic heterocycles. The van der Waals surface area contributed by atoms with E-state index in [9.17, 15) is 9.59 Å². The van der Waals surface area contributed by atoms with Crippen LogP contribution >= 0.6 is 11.8 Å². The quantitative estimate of drug-likeness (QED) is 0.724. The minimum absolute atomic E-state index is 0.0261. The molecule has 1 heterocycles. The number of amides is 2. The summed E-state index contributed by atoms with van der Waals surface area (Å²) in [6, 6.07) is 0.168. The zero-order valence-electron chi connectivity index (χ0n) is 8.58. The van der Waals surface area contributed by atoms with Crippen LogP contribution in [0.3, 0.4) is 0 Å². The smallest absolute Gasteiger partial charge is 0.242 e. The number of carbonyl (C=O) groups is 2. The molecule has 0 bridgehead atoms. The van der Waals surface area contributed by atoms with Crippen molar-refractivity contribution in [2.24, 2.45) is 0 Å². The summed E-state index contributed by atoms with van der Waals surface area (Å²) < 4.78 is 0. The van der Waals surface area contributed by atoms with Gasteiger partial charge in [0.2, 0.25) is 11.8 Å². The molecule has 4 nitrogen and oxygen atoms in total. The lowest BCUT2D eigenvalue weighted by Gasteiger charge is -2.32. The van der Waals surface area contributed by atoms with Crippen molar-refractivity contribution >= 4 is 23.6 Å². The van der Waals surface area contributed by atoms with Crippen LogP contribution in [0.5, 0.6) is 0 Å². The van der Waals surface area contributed by atoms with Crippen LogP contribution in [0, 0.1) is 0 Å². The summed E-state index contributed by atoms with van der Waals surface area (Å²) in [5, 5.41) is 2.54. The van der Waals surface area contributed by atoms with E-state index in [1.54, 1.807) is 16.7 Å². The zero-order valence-corrected chi connectivity index (χ0v) is 9.39. The summed E-state index contributed by atoms with van der Waals surface area (Å²) in [5.74, 6) is 0.992. The highest BCUT2D eigenvalue weighted by Crippen LogP contribution is 2.09. The SMILES string of the molecule is CSCCC(C)N1CC(=O)NCC1=O. The maximum Gasteiger partial charge on any atom is 0.242 e. The van der Waals surface area contributed by atoms with Crippen molar-refractivity contribution < 1.29 is 9.59 Å².